The van der Waals surface area contributed by atoms with Gasteiger partial charge in [0.2, 0.25) is 0 Å². The zero-order chi connectivity index (χ0) is 15.0. The Labute approximate surface area is 130 Å². The van der Waals surface area contributed by atoms with Gasteiger partial charge in [0.1, 0.15) is 6.04 Å². The van der Waals surface area contributed by atoms with Crippen LogP contribution in [0.3, 0.4) is 0 Å². The molecule has 0 bridgehead atoms. The number of halogens is 1. The van der Waals surface area contributed by atoms with Gasteiger partial charge in [-0.05, 0) is 39.0 Å². The number of hydrogen-bond donors (Lipinski definition) is 4. The Morgan fingerprint density at radius 3 is 2.29 bits per heavy atom. The van der Waals surface area contributed by atoms with E-state index in [0.29, 0.717) is 32.4 Å². The fourth-order valence-electron chi connectivity index (χ4n) is 1.69. The molecule has 0 radical (unpaired) electrons. The maximum absolute atomic E-state index is 11.4. The van der Waals surface area contributed by atoms with Gasteiger partial charge < -0.3 is 21.5 Å². The number of carboxylic acids is 1. The fourth-order valence-corrected chi connectivity index (χ4v) is 1.69. The highest BCUT2D eigenvalue weighted by molar-refractivity contribution is 5.85. The highest BCUT2D eigenvalue weighted by atomic mass is 35.5. The van der Waals surface area contributed by atoms with Crippen molar-refractivity contribution < 1.29 is 14.7 Å². The first-order valence-electron chi connectivity index (χ1n) is 6.87. The van der Waals surface area contributed by atoms with E-state index in [4.69, 9.17) is 10.8 Å². The number of hydrogen-bond acceptors (Lipinski definition) is 5. The van der Waals surface area contributed by atoms with Crippen molar-refractivity contribution in [3.63, 3.8) is 0 Å². The number of unbranched alkanes of at least 4 members (excludes halogenated alkanes) is 1. The SMILES string of the molecule is CC1(CCCNC(=O)NCCCCC(N)C(=O)O)N=N1.Cl. The van der Waals surface area contributed by atoms with Crippen molar-refractivity contribution >= 4 is 24.4 Å². The van der Waals surface area contributed by atoms with Crippen LogP contribution in [0.15, 0.2) is 10.2 Å². The average molecular weight is 322 g/mol. The summed E-state index contributed by atoms with van der Waals surface area (Å²) in [6.07, 6.45) is 3.49. The molecule has 0 aromatic heterocycles. The summed E-state index contributed by atoms with van der Waals surface area (Å²) >= 11 is 0. The van der Waals surface area contributed by atoms with Crippen LogP contribution < -0.4 is 16.4 Å². The summed E-state index contributed by atoms with van der Waals surface area (Å²) in [6, 6.07) is -1.02. The number of amides is 2. The Bertz CT molecular complexity index is 372. The van der Waals surface area contributed by atoms with Gasteiger partial charge in [0, 0.05) is 13.1 Å². The zero-order valence-electron chi connectivity index (χ0n) is 12.2. The van der Waals surface area contributed by atoms with Crippen LogP contribution in [0.25, 0.3) is 0 Å². The van der Waals surface area contributed by atoms with Crippen LogP contribution in [-0.2, 0) is 4.79 Å². The second-order valence-electron chi connectivity index (χ2n) is 5.14. The first-order valence-corrected chi connectivity index (χ1v) is 6.87. The largest absolute Gasteiger partial charge is 0.480 e. The Morgan fingerprint density at radius 2 is 1.76 bits per heavy atom. The van der Waals surface area contributed by atoms with E-state index in [0.717, 1.165) is 12.8 Å². The maximum atomic E-state index is 11.4. The smallest absolute Gasteiger partial charge is 0.320 e. The van der Waals surface area contributed by atoms with Crippen LogP contribution in [0.1, 0.15) is 39.0 Å². The van der Waals surface area contributed by atoms with Gasteiger partial charge in [-0.1, -0.05) is 0 Å². The van der Waals surface area contributed by atoms with Crippen molar-refractivity contribution in [3.8, 4) is 0 Å². The number of nitrogens with one attached hydrogen (secondary N) is 2. The second-order valence-corrected chi connectivity index (χ2v) is 5.14. The molecule has 1 unspecified atom stereocenters. The van der Waals surface area contributed by atoms with Gasteiger partial charge in [-0.2, -0.15) is 10.2 Å². The topological polar surface area (TPSA) is 129 Å². The highest BCUT2D eigenvalue weighted by Crippen LogP contribution is 2.31. The molecule has 1 heterocycles. The lowest BCUT2D eigenvalue weighted by Gasteiger charge is -2.09. The lowest BCUT2D eigenvalue weighted by Crippen LogP contribution is -2.37. The molecule has 1 aliphatic rings. The third-order valence-electron chi connectivity index (χ3n) is 3.10. The standard InChI is InChI=1S/C12H23N5O3.ClH/c1-12(16-17-12)6-4-8-15-11(20)14-7-3-2-5-9(13)10(18)19;/h9H,2-8,13H2,1H3,(H,18,19)(H2,14,15,20);1H. The van der Waals surface area contributed by atoms with Crippen molar-refractivity contribution in [2.24, 2.45) is 16.0 Å². The first-order chi connectivity index (χ1) is 9.43. The molecule has 0 spiro atoms. The summed E-state index contributed by atoms with van der Waals surface area (Å²) in [7, 11) is 0. The molecule has 2 amide bonds. The highest BCUT2D eigenvalue weighted by Gasteiger charge is 2.32. The molecule has 0 saturated carbocycles. The number of nitrogens with two attached hydrogens (primary N) is 1. The molecule has 9 heteroatoms. The summed E-state index contributed by atoms with van der Waals surface area (Å²) in [6.45, 7) is 3.06. The van der Waals surface area contributed by atoms with Crippen LogP contribution in [0.4, 0.5) is 4.79 Å². The Balaban J connectivity index is 0.00000400. The maximum Gasteiger partial charge on any atom is 0.320 e. The van der Waals surface area contributed by atoms with Crippen molar-refractivity contribution in [1.29, 1.82) is 0 Å². The Kier molecular flexibility index (Phi) is 8.87. The van der Waals surface area contributed by atoms with Gasteiger partial charge in [-0.25, -0.2) is 4.79 Å². The molecule has 1 rings (SSSR count). The minimum absolute atomic E-state index is 0. The lowest BCUT2D eigenvalue weighted by atomic mass is 10.1. The molecule has 0 aromatic carbocycles. The third kappa shape index (κ3) is 9.19. The van der Waals surface area contributed by atoms with Gasteiger partial charge in [-0.3, -0.25) is 4.79 Å². The van der Waals surface area contributed by atoms with E-state index in [1.165, 1.54) is 0 Å². The number of urea groups is 1. The van der Waals surface area contributed by atoms with Crippen molar-refractivity contribution in [2.75, 3.05) is 13.1 Å². The number of carboxylic acid groups (broad SMARTS) is 1. The molecular weight excluding hydrogens is 298 g/mol. The fraction of sp³-hybridized carbons (Fsp3) is 0.833. The molecule has 0 fully saturated rings. The zero-order valence-corrected chi connectivity index (χ0v) is 13.0. The Morgan fingerprint density at radius 1 is 1.19 bits per heavy atom. The van der Waals surface area contributed by atoms with Crippen LogP contribution in [0, 0.1) is 0 Å². The number of aliphatic carboxylic acids is 1. The van der Waals surface area contributed by atoms with E-state index in [1.807, 2.05) is 6.92 Å². The van der Waals surface area contributed by atoms with Crippen LogP contribution >= 0.6 is 12.4 Å². The molecular formula is C12H24ClN5O3. The molecule has 0 saturated heterocycles. The monoisotopic (exact) mass is 321 g/mol. The predicted octanol–water partition coefficient (Wildman–Crippen LogP) is 1.25. The van der Waals surface area contributed by atoms with E-state index in [-0.39, 0.29) is 24.1 Å². The van der Waals surface area contributed by atoms with E-state index in [1.54, 1.807) is 0 Å². The van der Waals surface area contributed by atoms with Gasteiger partial charge in [0.25, 0.3) is 0 Å². The van der Waals surface area contributed by atoms with Gasteiger partial charge in [0.15, 0.2) is 5.66 Å². The molecule has 21 heavy (non-hydrogen) atoms. The first kappa shape index (κ1) is 19.6. The number of nitrogens with zero attached hydrogens (tertiary/aromatic N) is 2. The van der Waals surface area contributed by atoms with E-state index in [9.17, 15) is 9.59 Å². The lowest BCUT2D eigenvalue weighted by molar-refractivity contribution is -0.138. The molecule has 8 nitrogen and oxygen atoms in total. The van der Waals surface area contributed by atoms with Crippen molar-refractivity contribution in [3.05, 3.63) is 0 Å². The second kappa shape index (κ2) is 9.51. The van der Waals surface area contributed by atoms with Crippen LogP contribution in [-0.4, -0.2) is 41.9 Å². The summed E-state index contributed by atoms with van der Waals surface area (Å²) in [5.74, 6) is -0.987. The van der Waals surface area contributed by atoms with Crippen LogP contribution in [0.2, 0.25) is 0 Å². The number of rotatable bonds is 10. The number of carbonyl (C=O) groups excluding carboxylic acids is 1. The predicted molar refractivity (Wildman–Crippen MR) is 80.6 cm³/mol. The summed E-state index contributed by atoms with van der Waals surface area (Å²) in [5, 5.41) is 21.8. The van der Waals surface area contributed by atoms with Gasteiger partial charge in [-0.15, -0.1) is 12.4 Å². The molecule has 0 aliphatic carbocycles. The van der Waals surface area contributed by atoms with E-state index in [2.05, 4.69) is 20.9 Å². The summed E-state index contributed by atoms with van der Waals surface area (Å²) in [5.41, 5.74) is 5.16. The molecule has 122 valence electrons. The average Bonchev–Trinajstić information content (AvgIpc) is 3.12. The van der Waals surface area contributed by atoms with Crippen LogP contribution in [0.5, 0.6) is 0 Å². The molecule has 1 aliphatic heterocycles. The van der Waals surface area contributed by atoms with Crippen molar-refractivity contribution in [2.45, 2.75) is 50.7 Å². The molecule has 0 aromatic rings. The van der Waals surface area contributed by atoms with Crippen molar-refractivity contribution in [1.82, 2.24) is 10.6 Å². The van der Waals surface area contributed by atoms with E-state index < -0.39 is 12.0 Å². The number of carbonyl (C=O) groups is 2. The van der Waals surface area contributed by atoms with Gasteiger partial charge >= 0.3 is 12.0 Å². The van der Waals surface area contributed by atoms with Gasteiger partial charge in [0.05, 0.1) is 0 Å². The molecule has 1 atom stereocenters. The van der Waals surface area contributed by atoms with E-state index >= 15 is 0 Å². The summed E-state index contributed by atoms with van der Waals surface area (Å²) < 4.78 is 0. The minimum Gasteiger partial charge on any atom is -0.480 e. The minimum atomic E-state index is -0.987. The quantitative estimate of drug-likeness (QED) is 0.451. The normalized spacial score (nSPS) is 15.7. The Hall–Kier alpha value is -1.41. The summed E-state index contributed by atoms with van der Waals surface area (Å²) in [4.78, 5) is 21.9. The third-order valence-corrected chi connectivity index (χ3v) is 3.10. The molecule has 5 N–H and O–H groups in total.